The molecule has 0 heterocycles. The molecule has 0 bridgehead atoms. The summed E-state index contributed by atoms with van der Waals surface area (Å²) in [5.41, 5.74) is 3.50. The summed E-state index contributed by atoms with van der Waals surface area (Å²) < 4.78 is 0. The van der Waals surface area contributed by atoms with Gasteiger partial charge >= 0.3 is 5.97 Å². The van der Waals surface area contributed by atoms with E-state index in [2.05, 4.69) is 6.07 Å². The van der Waals surface area contributed by atoms with E-state index >= 15 is 0 Å². The maximum Gasteiger partial charge on any atom is 0.303 e. The minimum absolute atomic E-state index is 0.0902. The van der Waals surface area contributed by atoms with Crippen molar-refractivity contribution in [2.24, 2.45) is 0 Å². The Kier molecular flexibility index (Phi) is 3.28. The fourth-order valence-corrected chi connectivity index (χ4v) is 1.66. The maximum atomic E-state index is 10.6. The minimum atomic E-state index is -0.738. The first-order valence-corrected chi connectivity index (χ1v) is 4.79. The molecule has 0 aliphatic rings. The molecule has 76 valence electrons. The van der Waals surface area contributed by atoms with Gasteiger partial charge in [-0.2, -0.15) is 0 Å². The average molecular weight is 192 g/mol. The number of benzene rings is 1. The van der Waals surface area contributed by atoms with Crippen molar-refractivity contribution >= 4 is 5.97 Å². The third-order valence-electron chi connectivity index (χ3n) is 2.45. The number of hydrogen-bond acceptors (Lipinski definition) is 1. The van der Waals surface area contributed by atoms with Crippen LogP contribution in [0.15, 0.2) is 18.2 Å². The molecule has 1 aromatic carbocycles. The number of aliphatic carboxylic acids is 1. The van der Waals surface area contributed by atoms with Gasteiger partial charge in [0.2, 0.25) is 0 Å². The van der Waals surface area contributed by atoms with Crippen LogP contribution in [-0.4, -0.2) is 11.1 Å². The lowest BCUT2D eigenvalue weighted by Crippen LogP contribution is -2.04. The molecule has 0 aromatic heterocycles. The molecule has 0 saturated carbocycles. The van der Waals surface area contributed by atoms with Gasteiger partial charge in [0.15, 0.2) is 0 Å². The van der Waals surface area contributed by atoms with Gasteiger partial charge in [0, 0.05) is 0 Å². The molecule has 14 heavy (non-hydrogen) atoms. The van der Waals surface area contributed by atoms with Crippen LogP contribution in [0.2, 0.25) is 0 Å². The van der Waals surface area contributed by atoms with Gasteiger partial charge in [-0.25, -0.2) is 0 Å². The first-order valence-electron chi connectivity index (χ1n) is 4.79. The average Bonchev–Trinajstić information content (AvgIpc) is 2.08. The molecule has 0 aliphatic carbocycles. The third kappa shape index (κ3) is 2.59. The largest absolute Gasteiger partial charge is 0.481 e. The molecule has 0 fully saturated rings. The number of carboxylic acid groups (broad SMARTS) is 1. The van der Waals surface area contributed by atoms with Crippen LogP contribution in [0.5, 0.6) is 0 Å². The van der Waals surface area contributed by atoms with Crippen molar-refractivity contribution in [3.63, 3.8) is 0 Å². The maximum absolute atomic E-state index is 10.6. The van der Waals surface area contributed by atoms with Gasteiger partial charge in [-0.1, -0.05) is 30.7 Å². The predicted octanol–water partition coefficient (Wildman–Crippen LogP) is 2.88. The second-order valence-corrected chi connectivity index (χ2v) is 3.86. The van der Waals surface area contributed by atoms with Gasteiger partial charge in [-0.05, 0) is 30.9 Å². The number of hydrogen-bond donors (Lipinski definition) is 1. The summed E-state index contributed by atoms with van der Waals surface area (Å²) >= 11 is 0. The van der Waals surface area contributed by atoms with Crippen LogP contribution in [0.25, 0.3) is 0 Å². The Morgan fingerprint density at radius 2 is 2.07 bits per heavy atom. The van der Waals surface area contributed by atoms with Crippen LogP contribution in [0.1, 0.15) is 36.0 Å². The molecule has 0 unspecified atom stereocenters. The third-order valence-corrected chi connectivity index (χ3v) is 2.45. The van der Waals surface area contributed by atoms with E-state index in [-0.39, 0.29) is 12.3 Å². The quantitative estimate of drug-likeness (QED) is 0.799. The van der Waals surface area contributed by atoms with E-state index in [0.717, 1.165) is 5.56 Å². The summed E-state index contributed by atoms with van der Waals surface area (Å²) in [4.78, 5) is 10.6. The second-order valence-electron chi connectivity index (χ2n) is 3.86. The highest BCUT2D eigenvalue weighted by molar-refractivity contribution is 5.68. The van der Waals surface area contributed by atoms with E-state index in [9.17, 15) is 4.79 Å². The topological polar surface area (TPSA) is 37.3 Å². The Morgan fingerprint density at radius 3 is 2.64 bits per heavy atom. The SMILES string of the molecule is Cc1ccc(C)c([C@@H](C)CC(=O)O)c1. The molecular formula is C12H16O2. The highest BCUT2D eigenvalue weighted by Gasteiger charge is 2.12. The standard InChI is InChI=1S/C12H16O2/c1-8-4-5-9(2)11(6-8)10(3)7-12(13)14/h4-6,10H,7H2,1-3H3,(H,13,14)/t10-/m0/s1. The number of rotatable bonds is 3. The zero-order valence-corrected chi connectivity index (χ0v) is 8.87. The minimum Gasteiger partial charge on any atom is -0.481 e. The van der Waals surface area contributed by atoms with Crippen LogP contribution < -0.4 is 0 Å². The van der Waals surface area contributed by atoms with Crippen molar-refractivity contribution in [1.29, 1.82) is 0 Å². The van der Waals surface area contributed by atoms with Crippen LogP contribution in [0.4, 0.5) is 0 Å². The highest BCUT2D eigenvalue weighted by atomic mass is 16.4. The Hall–Kier alpha value is -1.31. The number of aryl methyl sites for hydroxylation is 2. The molecular weight excluding hydrogens is 176 g/mol. The lowest BCUT2D eigenvalue weighted by molar-refractivity contribution is -0.137. The second kappa shape index (κ2) is 4.27. The molecule has 2 heteroatoms. The van der Waals surface area contributed by atoms with E-state index in [0.29, 0.717) is 0 Å². The molecule has 0 spiro atoms. The zero-order valence-electron chi connectivity index (χ0n) is 8.87. The smallest absolute Gasteiger partial charge is 0.303 e. The van der Waals surface area contributed by atoms with Gasteiger partial charge in [-0.3, -0.25) is 4.79 Å². The van der Waals surface area contributed by atoms with Gasteiger partial charge in [0.1, 0.15) is 0 Å². The van der Waals surface area contributed by atoms with Crippen molar-refractivity contribution in [1.82, 2.24) is 0 Å². The Labute approximate surface area is 84.6 Å². The Balaban J connectivity index is 2.93. The fourth-order valence-electron chi connectivity index (χ4n) is 1.66. The first-order chi connectivity index (χ1) is 6.50. The van der Waals surface area contributed by atoms with Gasteiger partial charge in [0.05, 0.1) is 6.42 Å². The Morgan fingerprint density at radius 1 is 1.43 bits per heavy atom. The van der Waals surface area contributed by atoms with Crippen LogP contribution in [-0.2, 0) is 4.79 Å². The van der Waals surface area contributed by atoms with Gasteiger partial charge in [0.25, 0.3) is 0 Å². The lowest BCUT2D eigenvalue weighted by atomic mass is 9.92. The molecule has 1 rings (SSSR count). The number of carbonyl (C=O) groups is 1. The predicted molar refractivity (Wildman–Crippen MR) is 56.6 cm³/mol. The molecule has 0 radical (unpaired) electrons. The van der Waals surface area contributed by atoms with E-state index in [1.54, 1.807) is 0 Å². The summed E-state index contributed by atoms with van der Waals surface area (Å²) in [6, 6.07) is 6.16. The molecule has 2 nitrogen and oxygen atoms in total. The van der Waals surface area contributed by atoms with E-state index in [1.165, 1.54) is 11.1 Å². The van der Waals surface area contributed by atoms with Crippen molar-refractivity contribution in [3.05, 3.63) is 34.9 Å². The van der Waals surface area contributed by atoms with E-state index in [4.69, 9.17) is 5.11 Å². The van der Waals surface area contributed by atoms with Crippen molar-refractivity contribution in [2.75, 3.05) is 0 Å². The van der Waals surface area contributed by atoms with Crippen LogP contribution in [0, 0.1) is 13.8 Å². The highest BCUT2D eigenvalue weighted by Crippen LogP contribution is 2.23. The molecule has 0 aliphatic heterocycles. The number of carboxylic acids is 1. The fraction of sp³-hybridized carbons (Fsp3) is 0.417. The van der Waals surface area contributed by atoms with E-state index in [1.807, 2.05) is 32.9 Å². The van der Waals surface area contributed by atoms with Crippen molar-refractivity contribution in [2.45, 2.75) is 33.1 Å². The summed E-state index contributed by atoms with van der Waals surface area (Å²) in [6.45, 7) is 6.00. The summed E-state index contributed by atoms with van der Waals surface area (Å²) in [5.74, 6) is -0.647. The lowest BCUT2D eigenvalue weighted by Gasteiger charge is -2.13. The molecule has 0 saturated heterocycles. The molecule has 1 atom stereocenters. The normalized spacial score (nSPS) is 12.5. The van der Waals surface area contributed by atoms with Gasteiger partial charge in [-0.15, -0.1) is 0 Å². The van der Waals surface area contributed by atoms with Gasteiger partial charge < -0.3 is 5.11 Å². The monoisotopic (exact) mass is 192 g/mol. The Bertz CT molecular complexity index is 342. The zero-order chi connectivity index (χ0) is 10.7. The van der Waals surface area contributed by atoms with Crippen LogP contribution >= 0.6 is 0 Å². The molecule has 0 amide bonds. The van der Waals surface area contributed by atoms with Crippen LogP contribution in [0.3, 0.4) is 0 Å². The van der Waals surface area contributed by atoms with E-state index < -0.39 is 5.97 Å². The summed E-state index contributed by atoms with van der Waals surface area (Å²) in [7, 11) is 0. The van der Waals surface area contributed by atoms with Crippen molar-refractivity contribution < 1.29 is 9.90 Å². The molecule has 1 aromatic rings. The summed E-state index contributed by atoms with van der Waals surface area (Å²) in [6.07, 6.45) is 0.199. The first kappa shape index (κ1) is 10.8. The van der Waals surface area contributed by atoms with Crippen molar-refractivity contribution in [3.8, 4) is 0 Å². The summed E-state index contributed by atoms with van der Waals surface area (Å²) in [5, 5.41) is 8.71. The molecule has 1 N–H and O–H groups in total.